The van der Waals surface area contributed by atoms with Crippen LogP contribution in [0.25, 0.3) is 32.7 Å². The zero-order valence-corrected chi connectivity index (χ0v) is 15.6. The van der Waals surface area contributed by atoms with Crippen molar-refractivity contribution in [1.82, 2.24) is 0 Å². The molecule has 146 valence electrons. The first-order valence-electron chi connectivity index (χ1n) is 9.68. The van der Waals surface area contributed by atoms with Crippen LogP contribution in [-0.2, 0) is 4.74 Å². The van der Waals surface area contributed by atoms with Gasteiger partial charge in [-0.15, -0.1) is 0 Å². The summed E-state index contributed by atoms with van der Waals surface area (Å²) < 4.78 is 5.57. The van der Waals surface area contributed by atoms with Crippen molar-refractivity contribution < 1.29 is 9.53 Å². The highest BCUT2D eigenvalue weighted by Crippen LogP contribution is 2.42. The number of rotatable bonds is 3. The van der Waals surface area contributed by atoms with Crippen LogP contribution < -0.4 is 4.90 Å². The SMILES string of the molecule is C.O=Cc1ccc2ccccc2c1-c1c(N2CCOCC2)ccc2ccccc12. The molecule has 0 aromatic heterocycles. The van der Waals surface area contributed by atoms with Gasteiger partial charge in [0.2, 0.25) is 0 Å². The summed E-state index contributed by atoms with van der Waals surface area (Å²) in [5, 5.41) is 4.60. The first-order chi connectivity index (χ1) is 13.9. The van der Waals surface area contributed by atoms with E-state index in [1.54, 1.807) is 0 Å². The molecule has 1 fully saturated rings. The summed E-state index contributed by atoms with van der Waals surface area (Å²) >= 11 is 0. The van der Waals surface area contributed by atoms with Crippen molar-refractivity contribution in [3.63, 3.8) is 0 Å². The van der Waals surface area contributed by atoms with E-state index in [0.717, 1.165) is 60.1 Å². The number of hydrogen-bond donors (Lipinski definition) is 0. The second-order valence-corrected chi connectivity index (χ2v) is 7.15. The normalized spacial score (nSPS) is 14.0. The summed E-state index contributed by atoms with van der Waals surface area (Å²) in [6.07, 6.45) is 0.979. The number of anilines is 1. The second kappa shape index (κ2) is 8.06. The molecule has 0 bridgehead atoms. The third kappa shape index (κ3) is 3.28. The van der Waals surface area contributed by atoms with Crippen LogP contribution >= 0.6 is 0 Å². The summed E-state index contributed by atoms with van der Waals surface area (Å²) in [5.41, 5.74) is 4.05. The third-order valence-corrected chi connectivity index (χ3v) is 5.60. The number of carbonyl (C=O) groups excluding carboxylic acids is 1. The van der Waals surface area contributed by atoms with Crippen molar-refractivity contribution in [2.45, 2.75) is 7.43 Å². The maximum atomic E-state index is 12.0. The molecule has 0 N–H and O–H groups in total. The number of fused-ring (bicyclic) bond motifs is 2. The number of nitrogens with zero attached hydrogens (tertiary/aromatic N) is 1. The molecule has 1 aliphatic rings. The molecule has 4 aromatic rings. The minimum absolute atomic E-state index is 0. The zero-order chi connectivity index (χ0) is 18.9. The molecule has 4 aromatic carbocycles. The van der Waals surface area contributed by atoms with Crippen molar-refractivity contribution in [2.75, 3.05) is 31.2 Å². The van der Waals surface area contributed by atoms with Crippen molar-refractivity contribution in [3.8, 4) is 11.1 Å². The Labute approximate surface area is 171 Å². The Hall–Kier alpha value is -3.17. The molecule has 0 aliphatic carbocycles. The molecule has 29 heavy (non-hydrogen) atoms. The summed E-state index contributed by atoms with van der Waals surface area (Å²) in [4.78, 5) is 14.4. The molecule has 5 rings (SSSR count). The predicted octanol–water partition coefficient (Wildman–Crippen LogP) is 5.95. The Morgan fingerprint density at radius 3 is 1.97 bits per heavy atom. The minimum Gasteiger partial charge on any atom is -0.378 e. The zero-order valence-electron chi connectivity index (χ0n) is 15.6. The molecule has 1 aliphatic heterocycles. The van der Waals surface area contributed by atoms with Crippen LogP contribution in [0, 0.1) is 0 Å². The Morgan fingerprint density at radius 1 is 0.724 bits per heavy atom. The fraction of sp³-hybridized carbons (Fsp3) is 0.192. The summed E-state index contributed by atoms with van der Waals surface area (Å²) in [6.45, 7) is 3.16. The molecule has 3 heteroatoms. The number of aldehydes is 1. The maximum absolute atomic E-state index is 12.0. The highest BCUT2D eigenvalue weighted by Gasteiger charge is 2.21. The molecule has 0 amide bonds. The maximum Gasteiger partial charge on any atom is 0.150 e. The molecule has 0 unspecified atom stereocenters. The number of ether oxygens (including phenoxy) is 1. The van der Waals surface area contributed by atoms with Crippen molar-refractivity contribution in [3.05, 3.63) is 78.4 Å². The van der Waals surface area contributed by atoms with Gasteiger partial charge in [0.15, 0.2) is 6.29 Å². The lowest BCUT2D eigenvalue weighted by atomic mass is 9.89. The van der Waals surface area contributed by atoms with Gasteiger partial charge in [0.05, 0.1) is 13.2 Å². The van der Waals surface area contributed by atoms with Crippen LogP contribution in [0.4, 0.5) is 5.69 Å². The van der Waals surface area contributed by atoms with Gasteiger partial charge in [-0.3, -0.25) is 4.79 Å². The lowest BCUT2D eigenvalue weighted by molar-refractivity contribution is 0.112. The highest BCUT2D eigenvalue weighted by molar-refractivity contribution is 6.14. The smallest absolute Gasteiger partial charge is 0.150 e. The van der Waals surface area contributed by atoms with Gasteiger partial charge in [0.25, 0.3) is 0 Å². The summed E-state index contributed by atoms with van der Waals surface area (Å²) in [7, 11) is 0. The number of morpholine rings is 1. The first-order valence-corrected chi connectivity index (χ1v) is 9.68. The Bertz CT molecular complexity index is 1180. The van der Waals surface area contributed by atoms with Crippen LogP contribution in [0.5, 0.6) is 0 Å². The quantitative estimate of drug-likeness (QED) is 0.410. The monoisotopic (exact) mass is 383 g/mol. The van der Waals surface area contributed by atoms with E-state index in [4.69, 9.17) is 4.74 Å². The molecule has 0 spiro atoms. The Morgan fingerprint density at radius 2 is 1.31 bits per heavy atom. The molecular formula is C26H25NO2. The van der Waals surface area contributed by atoms with Crippen LogP contribution in [-0.4, -0.2) is 32.6 Å². The molecular weight excluding hydrogens is 358 g/mol. The molecule has 0 radical (unpaired) electrons. The van der Waals surface area contributed by atoms with Gasteiger partial charge in [-0.2, -0.15) is 0 Å². The van der Waals surface area contributed by atoms with E-state index >= 15 is 0 Å². The second-order valence-electron chi connectivity index (χ2n) is 7.15. The van der Waals surface area contributed by atoms with Crippen molar-refractivity contribution in [1.29, 1.82) is 0 Å². The topological polar surface area (TPSA) is 29.5 Å². The Kier molecular flexibility index (Phi) is 5.32. The van der Waals surface area contributed by atoms with Crippen molar-refractivity contribution >= 4 is 33.5 Å². The van der Waals surface area contributed by atoms with Gasteiger partial charge in [0.1, 0.15) is 0 Å². The number of benzene rings is 4. The fourth-order valence-electron chi connectivity index (χ4n) is 4.26. The summed E-state index contributed by atoms with van der Waals surface area (Å²) in [5.74, 6) is 0. The first kappa shape index (κ1) is 19.2. The van der Waals surface area contributed by atoms with Gasteiger partial charge in [-0.25, -0.2) is 0 Å². The van der Waals surface area contributed by atoms with E-state index in [1.165, 1.54) is 16.5 Å². The van der Waals surface area contributed by atoms with Crippen LogP contribution in [0.15, 0.2) is 72.8 Å². The molecule has 0 saturated carbocycles. The highest BCUT2D eigenvalue weighted by atomic mass is 16.5. The lowest BCUT2D eigenvalue weighted by Gasteiger charge is -2.31. The van der Waals surface area contributed by atoms with Gasteiger partial charge in [-0.1, -0.05) is 74.2 Å². The van der Waals surface area contributed by atoms with Gasteiger partial charge >= 0.3 is 0 Å². The van der Waals surface area contributed by atoms with E-state index in [9.17, 15) is 4.79 Å². The molecule has 1 saturated heterocycles. The standard InChI is InChI=1S/C25H21NO2.CH4/c27-17-20-10-9-18-5-1-3-7-21(18)24(20)25-22-8-4-2-6-19(22)11-12-23(25)26-13-15-28-16-14-26;/h1-12,17H,13-16H2;1H4. The average molecular weight is 383 g/mol. The van der Waals surface area contributed by atoms with Crippen LogP contribution in [0.1, 0.15) is 17.8 Å². The van der Waals surface area contributed by atoms with Crippen LogP contribution in [0.3, 0.4) is 0 Å². The number of carbonyl (C=O) groups is 1. The van der Waals surface area contributed by atoms with Gasteiger partial charge in [-0.05, 0) is 27.6 Å². The lowest BCUT2D eigenvalue weighted by Crippen LogP contribution is -2.36. The van der Waals surface area contributed by atoms with E-state index in [-0.39, 0.29) is 7.43 Å². The van der Waals surface area contributed by atoms with Gasteiger partial charge in [0, 0.05) is 35.5 Å². The molecule has 1 heterocycles. The van der Waals surface area contributed by atoms with E-state index < -0.39 is 0 Å². The minimum atomic E-state index is 0. The molecule has 3 nitrogen and oxygen atoms in total. The van der Waals surface area contributed by atoms with E-state index in [2.05, 4.69) is 53.4 Å². The fourth-order valence-corrected chi connectivity index (χ4v) is 4.26. The Balaban J connectivity index is 0.00000205. The van der Waals surface area contributed by atoms with E-state index in [0.29, 0.717) is 0 Å². The van der Waals surface area contributed by atoms with E-state index in [1.807, 2.05) is 24.3 Å². The third-order valence-electron chi connectivity index (χ3n) is 5.60. The van der Waals surface area contributed by atoms with Crippen LogP contribution in [0.2, 0.25) is 0 Å². The van der Waals surface area contributed by atoms with Gasteiger partial charge < -0.3 is 9.64 Å². The largest absolute Gasteiger partial charge is 0.378 e. The summed E-state index contributed by atoms with van der Waals surface area (Å²) in [6, 6.07) is 25.1. The predicted molar refractivity (Wildman–Crippen MR) is 122 cm³/mol. The average Bonchev–Trinajstić information content (AvgIpc) is 2.78. The molecule has 0 atom stereocenters. The number of hydrogen-bond acceptors (Lipinski definition) is 3. The van der Waals surface area contributed by atoms with Crippen molar-refractivity contribution in [2.24, 2.45) is 0 Å².